The fourth-order valence-corrected chi connectivity index (χ4v) is 3.70. The van der Waals surface area contributed by atoms with Gasteiger partial charge >= 0.3 is 0 Å². The number of halogens is 2. The first-order chi connectivity index (χ1) is 12.0. The van der Waals surface area contributed by atoms with Gasteiger partial charge in [0.15, 0.2) is 5.41 Å². The van der Waals surface area contributed by atoms with Crippen LogP contribution in [0.4, 0.5) is 8.78 Å². The number of hydrogen-bond acceptors (Lipinski definition) is 5. The average Bonchev–Trinajstić information content (AvgIpc) is 2.62. The van der Waals surface area contributed by atoms with Gasteiger partial charge in [-0.2, -0.15) is 15.8 Å². The van der Waals surface area contributed by atoms with Crippen LogP contribution in [0.3, 0.4) is 0 Å². The minimum atomic E-state index is -1.91. The molecular formula is C18H13F2N5. The number of nitriles is 3. The monoisotopic (exact) mass is 337 g/mol. The number of nitrogens with one attached hydrogen (secondary N) is 1. The minimum Gasteiger partial charge on any atom is -0.399 e. The minimum absolute atomic E-state index is 0.0315. The zero-order chi connectivity index (χ0) is 18.2. The molecule has 0 spiro atoms. The number of allylic oxidation sites excluding steroid dienone is 2. The van der Waals surface area contributed by atoms with Crippen molar-refractivity contribution in [2.45, 2.75) is 5.92 Å². The van der Waals surface area contributed by atoms with Gasteiger partial charge in [0.1, 0.15) is 17.7 Å². The predicted octanol–water partition coefficient (Wildman–Crippen LogP) is 1.98. The van der Waals surface area contributed by atoms with E-state index in [1.165, 1.54) is 6.07 Å². The maximum atomic E-state index is 14.5. The van der Waals surface area contributed by atoms with Crippen LogP contribution in [0.25, 0.3) is 0 Å². The lowest BCUT2D eigenvalue weighted by atomic mass is 9.58. The van der Waals surface area contributed by atoms with E-state index in [0.717, 1.165) is 6.07 Å². The van der Waals surface area contributed by atoms with Crippen LogP contribution in [-0.2, 0) is 0 Å². The molecule has 1 aromatic carbocycles. The molecule has 5 nitrogen and oxygen atoms in total. The number of fused-ring (bicyclic) bond motifs is 1. The molecule has 0 bridgehead atoms. The molecule has 25 heavy (non-hydrogen) atoms. The molecule has 1 heterocycles. The van der Waals surface area contributed by atoms with Crippen molar-refractivity contribution in [2.75, 3.05) is 13.1 Å². The first-order valence-corrected chi connectivity index (χ1v) is 7.59. The van der Waals surface area contributed by atoms with Crippen molar-refractivity contribution < 1.29 is 8.78 Å². The Bertz CT molecular complexity index is 912. The summed E-state index contributed by atoms with van der Waals surface area (Å²) in [5.41, 5.74) is 4.68. The summed E-state index contributed by atoms with van der Waals surface area (Å²) in [7, 11) is 0. The number of nitrogens with zero attached hydrogens (tertiary/aromatic N) is 3. The highest BCUT2D eigenvalue weighted by molar-refractivity contribution is 5.59. The first kappa shape index (κ1) is 16.6. The van der Waals surface area contributed by atoms with Gasteiger partial charge in [-0.1, -0.05) is 12.1 Å². The molecule has 0 fully saturated rings. The molecule has 2 aliphatic rings. The topological polar surface area (TPSA) is 109 Å². The summed E-state index contributed by atoms with van der Waals surface area (Å²) in [6.45, 7) is 0.839. The summed E-state index contributed by atoms with van der Waals surface area (Å²) in [4.78, 5) is 0. The average molecular weight is 337 g/mol. The third-order valence-corrected chi connectivity index (χ3v) is 4.84. The second kappa shape index (κ2) is 6.02. The lowest BCUT2D eigenvalue weighted by Crippen LogP contribution is -2.47. The smallest absolute Gasteiger partial charge is 0.191 e. The number of benzene rings is 1. The second-order valence-electron chi connectivity index (χ2n) is 6.00. The van der Waals surface area contributed by atoms with Gasteiger partial charge in [-0.25, -0.2) is 8.78 Å². The molecule has 3 rings (SSSR count). The number of hydrogen-bond donors (Lipinski definition) is 2. The van der Waals surface area contributed by atoms with Crippen molar-refractivity contribution >= 4 is 0 Å². The Labute approximate surface area is 143 Å². The van der Waals surface area contributed by atoms with Crippen LogP contribution in [0, 0.1) is 57.0 Å². The van der Waals surface area contributed by atoms with Crippen molar-refractivity contribution in [3.63, 3.8) is 0 Å². The predicted molar refractivity (Wildman–Crippen MR) is 84.0 cm³/mol. The van der Waals surface area contributed by atoms with Gasteiger partial charge in [-0.15, -0.1) is 0 Å². The van der Waals surface area contributed by atoms with Crippen LogP contribution in [0.15, 0.2) is 41.1 Å². The highest BCUT2D eigenvalue weighted by atomic mass is 19.1. The standard InChI is InChI=1S/C18H13F2N5/c19-10-1-2-12(15(20)5-10)16-14-7-25-4-3-11(14)13(6-21)17(24)18(16,8-22)9-23/h1-3,5,14,16,25H,4,7,24H2/t14-,16-/m1/s1. The Hall–Kier alpha value is -3.21. The van der Waals surface area contributed by atoms with Crippen molar-refractivity contribution in [3.8, 4) is 18.2 Å². The van der Waals surface area contributed by atoms with Gasteiger partial charge < -0.3 is 11.1 Å². The van der Waals surface area contributed by atoms with Gasteiger partial charge in [0, 0.05) is 31.0 Å². The lowest BCUT2D eigenvalue weighted by Gasteiger charge is -2.43. The van der Waals surface area contributed by atoms with Crippen LogP contribution in [0.5, 0.6) is 0 Å². The van der Waals surface area contributed by atoms with E-state index in [1.54, 1.807) is 6.08 Å². The molecule has 0 radical (unpaired) electrons. The summed E-state index contributed by atoms with van der Waals surface area (Å²) in [5, 5.41) is 32.1. The maximum Gasteiger partial charge on any atom is 0.191 e. The maximum absolute atomic E-state index is 14.5. The molecule has 7 heteroatoms. The fourth-order valence-electron chi connectivity index (χ4n) is 3.70. The molecule has 1 aromatic rings. The molecule has 0 saturated carbocycles. The van der Waals surface area contributed by atoms with E-state index in [2.05, 4.69) is 5.32 Å². The third kappa shape index (κ3) is 2.28. The van der Waals surface area contributed by atoms with Crippen LogP contribution in [0.1, 0.15) is 11.5 Å². The van der Waals surface area contributed by atoms with Crippen molar-refractivity contribution in [3.05, 3.63) is 58.3 Å². The largest absolute Gasteiger partial charge is 0.399 e. The molecule has 3 N–H and O–H groups in total. The van der Waals surface area contributed by atoms with E-state index >= 15 is 0 Å². The van der Waals surface area contributed by atoms with Gasteiger partial charge in [0.2, 0.25) is 0 Å². The Kier molecular flexibility index (Phi) is 4.00. The number of nitrogens with two attached hydrogens (primary N) is 1. The molecule has 1 aliphatic heterocycles. The second-order valence-corrected chi connectivity index (χ2v) is 6.00. The van der Waals surface area contributed by atoms with E-state index in [1.807, 2.05) is 18.2 Å². The Morgan fingerprint density at radius 2 is 1.92 bits per heavy atom. The fraction of sp³-hybridized carbons (Fsp3) is 0.278. The Balaban J connectivity index is 2.36. The van der Waals surface area contributed by atoms with Crippen LogP contribution in [-0.4, -0.2) is 13.1 Å². The summed E-state index contributed by atoms with van der Waals surface area (Å²) in [6.07, 6.45) is 1.76. The highest BCUT2D eigenvalue weighted by Crippen LogP contribution is 2.53. The zero-order valence-electron chi connectivity index (χ0n) is 13.1. The summed E-state index contributed by atoms with van der Waals surface area (Å²) >= 11 is 0. The molecular weight excluding hydrogens is 324 g/mol. The van der Waals surface area contributed by atoms with Gasteiger partial charge in [-0.3, -0.25) is 0 Å². The van der Waals surface area contributed by atoms with Crippen LogP contribution >= 0.6 is 0 Å². The van der Waals surface area contributed by atoms with E-state index < -0.39 is 28.9 Å². The first-order valence-electron chi connectivity index (χ1n) is 7.59. The SMILES string of the molecule is N#CC1=C(N)C(C#N)(C#N)[C@H](c2ccc(F)cc2F)[C@@H]2CNCC=C12. The highest BCUT2D eigenvalue weighted by Gasteiger charge is 2.54. The van der Waals surface area contributed by atoms with E-state index in [4.69, 9.17) is 5.73 Å². The lowest BCUT2D eigenvalue weighted by molar-refractivity contribution is 0.320. The van der Waals surface area contributed by atoms with E-state index in [0.29, 0.717) is 24.7 Å². The molecule has 0 unspecified atom stereocenters. The Morgan fingerprint density at radius 1 is 1.20 bits per heavy atom. The summed E-state index contributed by atoms with van der Waals surface area (Å²) in [5.74, 6) is -3.07. The summed E-state index contributed by atoms with van der Waals surface area (Å²) in [6, 6.07) is 8.79. The van der Waals surface area contributed by atoms with Crippen molar-refractivity contribution in [1.29, 1.82) is 15.8 Å². The normalized spacial score (nSPS) is 24.4. The van der Waals surface area contributed by atoms with Crippen molar-refractivity contribution in [1.82, 2.24) is 5.32 Å². The Morgan fingerprint density at radius 3 is 2.52 bits per heavy atom. The molecule has 0 aromatic heterocycles. The molecule has 124 valence electrons. The molecule has 1 aliphatic carbocycles. The summed E-state index contributed by atoms with van der Waals surface area (Å²) < 4.78 is 27.8. The van der Waals surface area contributed by atoms with Crippen molar-refractivity contribution in [2.24, 2.45) is 17.1 Å². The molecule has 0 saturated heterocycles. The van der Waals surface area contributed by atoms with E-state index in [9.17, 15) is 24.6 Å². The third-order valence-electron chi connectivity index (χ3n) is 4.84. The molecule has 0 amide bonds. The van der Waals surface area contributed by atoms with Gasteiger partial charge in [0.25, 0.3) is 0 Å². The van der Waals surface area contributed by atoms with Gasteiger partial charge in [0.05, 0.1) is 23.4 Å². The molecule has 2 atom stereocenters. The van der Waals surface area contributed by atoms with Crippen LogP contribution < -0.4 is 11.1 Å². The number of rotatable bonds is 1. The van der Waals surface area contributed by atoms with Gasteiger partial charge in [-0.05, 0) is 17.2 Å². The quantitative estimate of drug-likeness (QED) is 0.814. The zero-order valence-corrected chi connectivity index (χ0v) is 13.1. The van der Waals surface area contributed by atoms with E-state index in [-0.39, 0.29) is 16.8 Å². The van der Waals surface area contributed by atoms with Crippen LogP contribution in [0.2, 0.25) is 0 Å².